The molecule has 1 saturated heterocycles. The number of nitrogens with zero attached hydrogens (tertiary/aromatic N) is 5. The summed E-state index contributed by atoms with van der Waals surface area (Å²) in [6.07, 6.45) is 0. The first-order valence-corrected chi connectivity index (χ1v) is 11.1. The van der Waals surface area contributed by atoms with Crippen LogP contribution in [0.25, 0.3) is 0 Å². The Morgan fingerprint density at radius 3 is 2.59 bits per heavy atom. The lowest BCUT2D eigenvalue weighted by atomic mass is 10.2. The zero-order valence-corrected chi connectivity index (χ0v) is 18.4. The Hall–Kier alpha value is -2.19. The molecular formula is C21H31FN6S. The fraction of sp³-hybridized carbons (Fsp3) is 0.524. The van der Waals surface area contributed by atoms with Crippen molar-refractivity contribution in [1.29, 1.82) is 0 Å². The van der Waals surface area contributed by atoms with Gasteiger partial charge < -0.3 is 15.1 Å². The van der Waals surface area contributed by atoms with Gasteiger partial charge in [-0.05, 0) is 38.1 Å². The van der Waals surface area contributed by atoms with Gasteiger partial charge in [-0.15, -0.1) is 11.3 Å². The van der Waals surface area contributed by atoms with Gasteiger partial charge >= 0.3 is 0 Å². The van der Waals surface area contributed by atoms with Gasteiger partial charge in [0.15, 0.2) is 5.96 Å². The minimum absolute atomic E-state index is 0.184. The third-order valence-electron chi connectivity index (χ3n) is 5.00. The van der Waals surface area contributed by atoms with Gasteiger partial charge in [-0.1, -0.05) is 0 Å². The first kappa shape index (κ1) is 21.5. The number of aromatic nitrogens is 1. The van der Waals surface area contributed by atoms with Gasteiger partial charge in [-0.3, -0.25) is 9.89 Å². The maximum atomic E-state index is 13.1. The van der Waals surface area contributed by atoms with Crippen LogP contribution in [0.2, 0.25) is 0 Å². The van der Waals surface area contributed by atoms with Crippen molar-refractivity contribution < 1.29 is 4.39 Å². The lowest BCUT2D eigenvalue weighted by Crippen LogP contribution is -2.47. The molecule has 1 aliphatic heterocycles. The van der Waals surface area contributed by atoms with Crippen molar-refractivity contribution in [1.82, 2.24) is 20.1 Å². The third kappa shape index (κ3) is 6.40. The number of guanidine groups is 1. The zero-order chi connectivity index (χ0) is 20.6. The molecule has 0 unspecified atom stereocenters. The SMILES string of the molecule is CCNC(=NCCN1CCN(c2ccc(F)cc2)CC1)N(C)Cc1csc(C)n1. The number of benzene rings is 1. The standard InChI is InChI=1S/C21H31FN6S/c1-4-23-21(26(3)15-19-16-29-17(2)25-19)24-9-10-27-11-13-28(14-12-27)20-7-5-18(22)6-8-20/h5-8,16H,4,9-15H2,1-3H3,(H,23,24). The maximum Gasteiger partial charge on any atom is 0.194 e. The largest absolute Gasteiger partial charge is 0.369 e. The van der Waals surface area contributed by atoms with Crippen LogP contribution < -0.4 is 10.2 Å². The number of piperazine rings is 1. The molecule has 0 bridgehead atoms. The fourth-order valence-corrected chi connectivity index (χ4v) is 4.05. The van der Waals surface area contributed by atoms with E-state index in [4.69, 9.17) is 4.99 Å². The second-order valence-corrected chi connectivity index (χ2v) is 8.32. The van der Waals surface area contributed by atoms with Gasteiger partial charge in [0.25, 0.3) is 0 Å². The van der Waals surface area contributed by atoms with E-state index in [9.17, 15) is 4.39 Å². The second kappa shape index (κ2) is 10.5. The summed E-state index contributed by atoms with van der Waals surface area (Å²) in [5.41, 5.74) is 2.18. The molecule has 0 aliphatic carbocycles. The molecule has 158 valence electrons. The Morgan fingerprint density at radius 1 is 1.24 bits per heavy atom. The molecule has 1 N–H and O–H groups in total. The van der Waals surface area contributed by atoms with Gasteiger partial charge in [0, 0.05) is 57.4 Å². The zero-order valence-electron chi connectivity index (χ0n) is 17.6. The molecule has 1 aromatic carbocycles. The molecule has 6 nitrogen and oxygen atoms in total. The first-order chi connectivity index (χ1) is 14.0. The van der Waals surface area contributed by atoms with E-state index >= 15 is 0 Å². The summed E-state index contributed by atoms with van der Waals surface area (Å²) >= 11 is 1.68. The Balaban J connectivity index is 1.46. The minimum Gasteiger partial charge on any atom is -0.369 e. The van der Waals surface area contributed by atoms with E-state index in [0.29, 0.717) is 0 Å². The van der Waals surface area contributed by atoms with E-state index < -0.39 is 0 Å². The molecule has 1 aliphatic rings. The summed E-state index contributed by atoms with van der Waals surface area (Å²) in [6.45, 7) is 11.3. The molecule has 0 spiro atoms. The van der Waals surface area contributed by atoms with E-state index in [1.807, 2.05) is 19.1 Å². The average molecular weight is 419 g/mol. The highest BCUT2D eigenvalue weighted by molar-refractivity contribution is 7.09. The number of hydrogen-bond donors (Lipinski definition) is 1. The van der Waals surface area contributed by atoms with E-state index in [0.717, 1.165) is 74.7 Å². The highest BCUT2D eigenvalue weighted by Crippen LogP contribution is 2.16. The summed E-state index contributed by atoms with van der Waals surface area (Å²) < 4.78 is 13.1. The van der Waals surface area contributed by atoms with Gasteiger partial charge in [-0.2, -0.15) is 0 Å². The van der Waals surface area contributed by atoms with E-state index in [1.165, 1.54) is 12.1 Å². The van der Waals surface area contributed by atoms with Crippen molar-refractivity contribution in [2.45, 2.75) is 20.4 Å². The van der Waals surface area contributed by atoms with Crippen LogP contribution in [0.5, 0.6) is 0 Å². The van der Waals surface area contributed by atoms with Crippen molar-refractivity contribution >= 4 is 23.0 Å². The van der Waals surface area contributed by atoms with E-state index in [2.05, 4.69) is 44.4 Å². The molecule has 0 saturated carbocycles. The highest BCUT2D eigenvalue weighted by Gasteiger charge is 2.17. The molecule has 0 radical (unpaired) electrons. The van der Waals surface area contributed by atoms with E-state index in [-0.39, 0.29) is 5.82 Å². The van der Waals surface area contributed by atoms with Crippen molar-refractivity contribution in [3.8, 4) is 0 Å². The van der Waals surface area contributed by atoms with Gasteiger partial charge in [0.1, 0.15) is 5.82 Å². The summed E-state index contributed by atoms with van der Waals surface area (Å²) in [6, 6.07) is 6.78. The molecule has 1 fully saturated rings. The van der Waals surface area contributed by atoms with Crippen molar-refractivity contribution in [3.05, 3.63) is 46.2 Å². The molecule has 29 heavy (non-hydrogen) atoms. The van der Waals surface area contributed by atoms with Crippen LogP contribution >= 0.6 is 11.3 Å². The second-order valence-electron chi connectivity index (χ2n) is 7.25. The number of rotatable bonds is 7. The van der Waals surface area contributed by atoms with Crippen LogP contribution in [0.1, 0.15) is 17.6 Å². The van der Waals surface area contributed by atoms with Crippen molar-refractivity contribution in [2.75, 3.05) is 57.8 Å². The summed E-state index contributed by atoms with van der Waals surface area (Å²) in [5, 5.41) is 6.57. The number of aryl methyl sites for hydroxylation is 1. The first-order valence-electron chi connectivity index (χ1n) is 10.2. The topological polar surface area (TPSA) is 47.0 Å². The Kier molecular flexibility index (Phi) is 7.83. The monoisotopic (exact) mass is 418 g/mol. The number of nitrogens with one attached hydrogen (secondary N) is 1. The summed E-state index contributed by atoms with van der Waals surface area (Å²) in [7, 11) is 2.05. The molecule has 1 aromatic heterocycles. The number of halogens is 1. The normalized spacial score (nSPS) is 15.6. The number of hydrogen-bond acceptors (Lipinski definition) is 5. The van der Waals surface area contributed by atoms with Gasteiger partial charge in [-0.25, -0.2) is 9.37 Å². The van der Waals surface area contributed by atoms with Gasteiger partial charge in [0.05, 0.1) is 23.8 Å². The van der Waals surface area contributed by atoms with Crippen LogP contribution in [0.15, 0.2) is 34.6 Å². The quantitative estimate of drug-likeness (QED) is 0.553. The fourth-order valence-electron chi connectivity index (χ4n) is 3.45. The molecule has 2 heterocycles. The Bertz CT molecular complexity index is 783. The minimum atomic E-state index is -0.184. The van der Waals surface area contributed by atoms with Gasteiger partial charge in [0.2, 0.25) is 0 Å². The Morgan fingerprint density at radius 2 is 1.97 bits per heavy atom. The van der Waals surface area contributed by atoms with Crippen LogP contribution in [0.3, 0.4) is 0 Å². The molecule has 8 heteroatoms. The van der Waals surface area contributed by atoms with Crippen molar-refractivity contribution in [3.63, 3.8) is 0 Å². The smallest absolute Gasteiger partial charge is 0.194 e. The predicted octanol–water partition coefficient (Wildman–Crippen LogP) is 2.81. The summed E-state index contributed by atoms with van der Waals surface area (Å²) in [4.78, 5) is 16.2. The molecule has 3 rings (SSSR count). The third-order valence-corrected chi connectivity index (χ3v) is 5.83. The predicted molar refractivity (Wildman–Crippen MR) is 119 cm³/mol. The lowest BCUT2D eigenvalue weighted by molar-refractivity contribution is 0.264. The molecule has 0 amide bonds. The number of thiazole rings is 1. The number of aliphatic imine (C=N–C) groups is 1. The molecular weight excluding hydrogens is 387 g/mol. The highest BCUT2D eigenvalue weighted by atomic mass is 32.1. The number of anilines is 1. The van der Waals surface area contributed by atoms with Crippen LogP contribution in [-0.4, -0.2) is 73.6 Å². The Labute approximate surface area is 177 Å². The van der Waals surface area contributed by atoms with Crippen molar-refractivity contribution in [2.24, 2.45) is 4.99 Å². The van der Waals surface area contributed by atoms with Crippen LogP contribution in [-0.2, 0) is 6.54 Å². The summed E-state index contributed by atoms with van der Waals surface area (Å²) in [5.74, 6) is 0.736. The molecule has 2 aromatic rings. The van der Waals surface area contributed by atoms with E-state index in [1.54, 1.807) is 11.3 Å². The maximum absolute atomic E-state index is 13.1. The average Bonchev–Trinajstić information content (AvgIpc) is 3.13. The lowest BCUT2D eigenvalue weighted by Gasteiger charge is -2.36. The van der Waals surface area contributed by atoms with Crippen LogP contribution in [0, 0.1) is 12.7 Å². The molecule has 0 atom stereocenters. The van der Waals surface area contributed by atoms with Crippen LogP contribution in [0.4, 0.5) is 10.1 Å².